The van der Waals surface area contributed by atoms with Gasteiger partial charge >= 0.3 is 0 Å². The molecule has 0 radical (unpaired) electrons. The summed E-state index contributed by atoms with van der Waals surface area (Å²) >= 11 is 0. The van der Waals surface area contributed by atoms with Crippen LogP contribution in [0.1, 0.15) is 43.5 Å². The lowest BCUT2D eigenvalue weighted by molar-refractivity contribution is -0.139. The Kier molecular flexibility index (Phi) is 4.89. The maximum absolute atomic E-state index is 13.0. The van der Waals surface area contributed by atoms with Crippen LogP contribution in [0.15, 0.2) is 48.8 Å². The molecular formula is C22H26N4O2. The van der Waals surface area contributed by atoms with Crippen LogP contribution in [-0.4, -0.2) is 43.8 Å². The molecule has 3 aromatic rings. The Labute approximate surface area is 164 Å². The molecule has 0 aliphatic carbocycles. The zero-order valence-corrected chi connectivity index (χ0v) is 16.4. The van der Waals surface area contributed by atoms with Crippen LogP contribution in [0.5, 0.6) is 0 Å². The van der Waals surface area contributed by atoms with Gasteiger partial charge in [0.15, 0.2) is 0 Å². The zero-order chi connectivity index (χ0) is 19.7. The minimum absolute atomic E-state index is 0.0754. The van der Waals surface area contributed by atoms with Gasteiger partial charge in [-0.15, -0.1) is 0 Å². The van der Waals surface area contributed by atoms with E-state index in [4.69, 9.17) is 0 Å². The van der Waals surface area contributed by atoms with Crippen molar-refractivity contribution < 1.29 is 9.90 Å². The Hall–Kier alpha value is -2.73. The van der Waals surface area contributed by atoms with Gasteiger partial charge in [0.25, 0.3) is 0 Å². The van der Waals surface area contributed by atoms with E-state index >= 15 is 0 Å². The molecule has 0 saturated carbocycles. The summed E-state index contributed by atoms with van der Waals surface area (Å²) < 4.78 is 1.72. The minimum atomic E-state index is -0.913. The van der Waals surface area contributed by atoms with Gasteiger partial charge < -0.3 is 10.0 Å². The van der Waals surface area contributed by atoms with Gasteiger partial charge in [0.05, 0.1) is 11.1 Å². The molecule has 1 aliphatic heterocycles. The van der Waals surface area contributed by atoms with Crippen LogP contribution in [0.3, 0.4) is 0 Å². The fourth-order valence-corrected chi connectivity index (χ4v) is 4.05. The highest BCUT2D eigenvalue weighted by molar-refractivity contribution is 5.81. The fraction of sp³-hybridized carbons (Fsp3) is 0.409. The number of fused-ring (bicyclic) bond motifs is 1. The summed E-state index contributed by atoms with van der Waals surface area (Å²) in [6.45, 7) is 5.05. The van der Waals surface area contributed by atoms with Crippen LogP contribution in [-0.2, 0) is 10.4 Å². The third-order valence-electron chi connectivity index (χ3n) is 5.78. The van der Waals surface area contributed by atoms with E-state index < -0.39 is 5.60 Å². The number of nitrogens with zero attached hydrogens (tertiary/aromatic N) is 4. The van der Waals surface area contributed by atoms with Crippen molar-refractivity contribution in [3.05, 3.63) is 60.0 Å². The molecule has 1 amide bonds. The highest BCUT2D eigenvalue weighted by atomic mass is 16.3. The predicted octanol–water partition coefficient (Wildman–Crippen LogP) is 3.20. The van der Waals surface area contributed by atoms with Crippen LogP contribution in [0.4, 0.5) is 0 Å². The van der Waals surface area contributed by atoms with Gasteiger partial charge in [-0.1, -0.05) is 19.1 Å². The first-order valence-corrected chi connectivity index (χ1v) is 9.88. The van der Waals surface area contributed by atoms with Crippen LogP contribution < -0.4 is 0 Å². The Morgan fingerprint density at radius 3 is 2.71 bits per heavy atom. The maximum Gasteiger partial charge on any atom is 0.247 e. The number of carbonyl (C=O) groups excluding carboxylic acids is 1. The van der Waals surface area contributed by atoms with E-state index in [1.54, 1.807) is 10.9 Å². The van der Waals surface area contributed by atoms with Gasteiger partial charge in [0.1, 0.15) is 6.04 Å². The number of likely N-dealkylation sites (tertiary alicyclic amines) is 1. The average Bonchev–Trinajstić information content (AvgIpc) is 3.23. The summed E-state index contributed by atoms with van der Waals surface area (Å²) in [5.74, 6) is 0.0754. The van der Waals surface area contributed by atoms with E-state index in [0.717, 1.165) is 22.2 Å². The van der Waals surface area contributed by atoms with E-state index in [-0.39, 0.29) is 11.9 Å². The van der Waals surface area contributed by atoms with Crippen molar-refractivity contribution in [1.82, 2.24) is 19.7 Å². The highest BCUT2D eigenvalue weighted by Crippen LogP contribution is 2.35. The average molecular weight is 378 g/mol. The van der Waals surface area contributed by atoms with Gasteiger partial charge in [0, 0.05) is 36.6 Å². The van der Waals surface area contributed by atoms with Gasteiger partial charge in [-0.3, -0.25) is 14.5 Å². The summed E-state index contributed by atoms with van der Waals surface area (Å²) in [6, 6.07) is 11.5. The summed E-state index contributed by atoms with van der Waals surface area (Å²) in [5.41, 5.74) is 1.90. The number of amides is 1. The number of pyridine rings is 1. The maximum atomic E-state index is 13.0. The lowest BCUT2D eigenvalue weighted by Gasteiger charge is -2.39. The minimum Gasteiger partial charge on any atom is -0.385 e. The standard InChI is InChI=1S/C22H26N4O2/c1-3-20(26-12-4-11-23-26)21(27)25-13-9-22(28,10-14-25)18-7-8-19-17(15-18)6-5-16(2)24-19/h4-8,11-12,15,20,28H,3,9-10,13-14H2,1-2H3/t20-/m1/s1. The zero-order valence-electron chi connectivity index (χ0n) is 16.4. The molecule has 0 unspecified atom stereocenters. The largest absolute Gasteiger partial charge is 0.385 e. The number of aliphatic hydroxyl groups is 1. The number of aryl methyl sites for hydroxylation is 1. The SMILES string of the molecule is CC[C@H](C(=O)N1CCC(O)(c2ccc3nc(C)ccc3c2)CC1)n1cccn1. The molecule has 0 bridgehead atoms. The summed E-state index contributed by atoms with van der Waals surface area (Å²) in [6.07, 6.45) is 5.27. The summed E-state index contributed by atoms with van der Waals surface area (Å²) in [7, 11) is 0. The van der Waals surface area contributed by atoms with Crippen LogP contribution >= 0.6 is 0 Å². The number of hydrogen-bond acceptors (Lipinski definition) is 4. The highest BCUT2D eigenvalue weighted by Gasteiger charge is 2.37. The molecule has 6 nitrogen and oxygen atoms in total. The Balaban J connectivity index is 1.49. The van der Waals surface area contributed by atoms with Crippen molar-refractivity contribution in [3.63, 3.8) is 0 Å². The second-order valence-corrected chi connectivity index (χ2v) is 7.63. The second kappa shape index (κ2) is 7.36. The van der Waals surface area contributed by atoms with Gasteiger partial charge in [0.2, 0.25) is 5.91 Å². The molecule has 1 aliphatic rings. The van der Waals surface area contributed by atoms with Gasteiger partial charge in [-0.05, 0) is 56.0 Å². The second-order valence-electron chi connectivity index (χ2n) is 7.63. The number of carbonyl (C=O) groups is 1. The lowest BCUT2D eigenvalue weighted by atomic mass is 9.83. The van der Waals surface area contributed by atoms with Crippen molar-refractivity contribution in [2.24, 2.45) is 0 Å². The van der Waals surface area contributed by atoms with E-state index in [2.05, 4.69) is 10.1 Å². The molecule has 146 valence electrons. The molecule has 1 N–H and O–H groups in total. The van der Waals surface area contributed by atoms with Crippen molar-refractivity contribution in [2.75, 3.05) is 13.1 Å². The van der Waals surface area contributed by atoms with Crippen LogP contribution in [0.25, 0.3) is 10.9 Å². The molecule has 2 aromatic heterocycles. The molecule has 1 saturated heterocycles. The van der Waals surface area contributed by atoms with E-state index in [1.807, 2.05) is 61.3 Å². The monoisotopic (exact) mass is 378 g/mol. The van der Waals surface area contributed by atoms with Crippen molar-refractivity contribution in [1.29, 1.82) is 0 Å². The molecule has 6 heteroatoms. The molecule has 1 aromatic carbocycles. The lowest BCUT2D eigenvalue weighted by Crippen LogP contribution is -2.47. The first kappa shape index (κ1) is 18.6. The molecule has 1 fully saturated rings. The third-order valence-corrected chi connectivity index (χ3v) is 5.78. The normalized spacial score (nSPS) is 17.6. The molecule has 4 rings (SSSR count). The number of piperidine rings is 1. The first-order valence-electron chi connectivity index (χ1n) is 9.88. The number of aromatic nitrogens is 3. The molecule has 3 heterocycles. The Morgan fingerprint density at radius 1 is 1.25 bits per heavy atom. The number of benzene rings is 1. The van der Waals surface area contributed by atoms with Crippen LogP contribution in [0, 0.1) is 6.92 Å². The first-order chi connectivity index (χ1) is 13.5. The predicted molar refractivity (Wildman–Crippen MR) is 108 cm³/mol. The van der Waals surface area contributed by atoms with Gasteiger partial charge in [-0.25, -0.2) is 0 Å². The van der Waals surface area contributed by atoms with E-state index in [9.17, 15) is 9.90 Å². The van der Waals surface area contributed by atoms with Crippen molar-refractivity contribution in [2.45, 2.75) is 44.8 Å². The molecule has 0 spiro atoms. The topological polar surface area (TPSA) is 71.2 Å². The quantitative estimate of drug-likeness (QED) is 0.757. The molecule has 1 atom stereocenters. The summed E-state index contributed by atoms with van der Waals surface area (Å²) in [4.78, 5) is 19.3. The van der Waals surface area contributed by atoms with Crippen molar-refractivity contribution >= 4 is 16.8 Å². The van der Waals surface area contributed by atoms with E-state index in [0.29, 0.717) is 32.4 Å². The van der Waals surface area contributed by atoms with Gasteiger partial charge in [-0.2, -0.15) is 5.10 Å². The number of rotatable bonds is 4. The Bertz CT molecular complexity index is 975. The third kappa shape index (κ3) is 3.40. The smallest absolute Gasteiger partial charge is 0.247 e. The number of hydrogen-bond donors (Lipinski definition) is 1. The van der Waals surface area contributed by atoms with Crippen LogP contribution in [0.2, 0.25) is 0 Å². The fourth-order valence-electron chi connectivity index (χ4n) is 4.05. The summed E-state index contributed by atoms with van der Waals surface area (Å²) in [5, 5.41) is 16.5. The van der Waals surface area contributed by atoms with E-state index in [1.165, 1.54) is 0 Å². The Morgan fingerprint density at radius 2 is 2.04 bits per heavy atom. The van der Waals surface area contributed by atoms with Crippen molar-refractivity contribution in [3.8, 4) is 0 Å². The molecular weight excluding hydrogens is 352 g/mol. The molecule has 28 heavy (non-hydrogen) atoms.